The number of hydrogen-bond acceptors (Lipinski definition) is 3. The second kappa shape index (κ2) is 4.30. The molecule has 1 aliphatic heterocycles. The first-order valence-electron chi connectivity index (χ1n) is 5.17. The van der Waals surface area contributed by atoms with E-state index in [9.17, 15) is 4.21 Å². The third-order valence-electron chi connectivity index (χ3n) is 3.74. The van der Waals surface area contributed by atoms with Crippen LogP contribution < -0.4 is 0 Å². The molecule has 0 radical (unpaired) electrons. The molecule has 10 heteroatoms. The maximum Gasteiger partial charge on any atom is 0.310 e. The minimum atomic E-state index is -2.35. The summed E-state index contributed by atoms with van der Waals surface area (Å²) in [6.07, 6.45) is 3.94. The van der Waals surface area contributed by atoms with E-state index >= 15 is 0 Å². The lowest BCUT2D eigenvalue weighted by atomic mass is 9.82. The van der Waals surface area contributed by atoms with Gasteiger partial charge in [0.25, 0.3) is 4.52 Å². The van der Waals surface area contributed by atoms with Gasteiger partial charge in [0.05, 0.1) is 10.8 Å². The molecule has 0 amide bonds. The van der Waals surface area contributed by atoms with Crippen LogP contribution >= 0.6 is 69.6 Å². The highest BCUT2D eigenvalue weighted by atomic mass is 35.5. The van der Waals surface area contributed by atoms with E-state index < -0.39 is 36.1 Å². The van der Waals surface area contributed by atoms with Crippen molar-refractivity contribution in [2.45, 2.75) is 25.2 Å². The Bertz CT molecular complexity index is 496. The van der Waals surface area contributed by atoms with Gasteiger partial charge in [0.15, 0.2) is 0 Å². The van der Waals surface area contributed by atoms with E-state index in [-0.39, 0.29) is 5.92 Å². The zero-order valence-electron chi connectivity index (χ0n) is 8.92. The van der Waals surface area contributed by atoms with Gasteiger partial charge in [0.1, 0.15) is 4.87 Å². The SMILES string of the molecule is O=S1OC(Cl)(Cl)C2C3C=CC(Cl)(C3)C2(Cl)C(Cl)(Cl)O1. The first kappa shape index (κ1) is 15.4. The molecule has 108 valence electrons. The lowest BCUT2D eigenvalue weighted by Gasteiger charge is -2.46. The van der Waals surface area contributed by atoms with Gasteiger partial charge in [-0.15, -0.1) is 23.2 Å². The molecule has 0 aromatic rings. The molecule has 0 aromatic heterocycles. The van der Waals surface area contributed by atoms with Crippen LogP contribution in [-0.2, 0) is 19.7 Å². The molecule has 5 unspecified atom stereocenters. The second-order valence-electron chi connectivity index (χ2n) is 4.73. The number of halogens is 6. The minimum absolute atomic E-state index is 0.208. The molecule has 0 aromatic carbocycles. The van der Waals surface area contributed by atoms with E-state index in [1.807, 2.05) is 6.08 Å². The second-order valence-corrected chi connectivity index (χ2v) is 9.32. The summed E-state index contributed by atoms with van der Waals surface area (Å²) < 4.78 is 17.6. The molecule has 2 bridgehead atoms. The Labute approximate surface area is 142 Å². The molecule has 2 fully saturated rings. The molecule has 3 nitrogen and oxygen atoms in total. The van der Waals surface area contributed by atoms with Crippen molar-refractivity contribution in [2.75, 3.05) is 0 Å². The van der Waals surface area contributed by atoms with E-state index in [1.165, 1.54) is 0 Å². The fourth-order valence-electron chi connectivity index (χ4n) is 3.02. The van der Waals surface area contributed by atoms with Gasteiger partial charge in [0, 0.05) is 0 Å². The van der Waals surface area contributed by atoms with Crippen molar-refractivity contribution in [3.8, 4) is 0 Å². The highest BCUT2D eigenvalue weighted by molar-refractivity contribution is 7.75. The predicted octanol–water partition coefficient (Wildman–Crippen LogP) is 4.04. The van der Waals surface area contributed by atoms with Gasteiger partial charge < -0.3 is 0 Å². The summed E-state index contributed by atoms with van der Waals surface area (Å²) in [6.45, 7) is 0. The van der Waals surface area contributed by atoms with Crippen molar-refractivity contribution in [2.24, 2.45) is 11.8 Å². The van der Waals surface area contributed by atoms with Crippen LogP contribution in [0.15, 0.2) is 12.2 Å². The largest absolute Gasteiger partial charge is 0.310 e. The first-order valence-corrected chi connectivity index (χ1v) is 8.44. The van der Waals surface area contributed by atoms with Crippen LogP contribution in [0.2, 0.25) is 0 Å². The summed E-state index contributed by atoms with van der Waals surface area (Å²) >= 11 is 35.3. The Hall–Kier alpha value is 1.55. The summed E-state index contributed by atoms with van der Waals surface area (Å²) in [5.41, 5.74) is 0. The zero-order valence-corrected chi connectivity index (χ0v) is 14.3. The van der Waals surface area contributed by atoms with Gasteiger partial charge >= 0.3 is 11.4 Å². The van der Waals surface area contributed by atoms with Crippen LogP contribution in [0.1, 0.15) is 6.42 Å². The topological polar surface area (TPSA) is 35.5 Å². The molecule has 0 spiro atoms. The van der Waals surface area contributed by atoms with Crippen LogP contribution in [0.4, 0.5) is 0 Å². The molecule has 1 saturated carbocycles. The van der Waals surface area contributed by atoms with Crippen molar-refractivity contribution in [3.05, 3.63) is 12.2 Å². The molecule has 1 heterocycles. The normalized spacial score (nSPS) is 53.9. The quantitative estimate of drug-likeness (QED) is 0.450. The zero-order chi connectivity index (χ0) is 14.3. The molecule has 3 aliphatic rings. The fourth-order valence-corrected chi connectivity index (χ4v) is 6.73. The predicted molar refractivity (Wildman–Crippen MR) is 77.1 cm³/mol. The van der Waals surface area contributed by atoms with Gasteiger partial charge in [0.2, 0.25) is 4.52 Å². The molecule has 1 saturated heterocycles. The van der Waals surface area contributed by atoms with Crippen molar-refractivity contribution >= 4 is 81.0 Å². The van der Waals surface area contributed by atoms with E-state index in [0.717, 1.165) is 0 Å². The lowest BCUT2D eigenvalue weighted by Crippen LogP contribution is -2.60. The summed E-state index contributed by atoms with van der Waals surface area (Å²) in [5, 5.41) is 0. The van der Waals surface area contributed by atoms with E-state index in [4.69, 9.17) is 78.0 Å². The van der Waals surface area contributed by atoms with Crippen LogP contribution in [0.3, 0.4) is 0 Å². The lowest BCUT2D eigenvalue weighted by molar-refractivity contribution is 0.140. The average Bonchev–Trinajstić information content (AvgIpc) is 2.65. The molecule has 5 atom stereocenters. The van der Waals surface area contributed by atoms with Crippen LogP contribution in [-0.4, -0.2) is 23.0 Å². The number of fused-ring (bicyclic) bond motifs is 5. The monoisotopic (exact) mass is 404 g/mol. The molecule has 2 aliphatic carbocycles. The Balaban J connectivity index is 2.23. The Morgan fingerprint density at radius 3 is 2.37 bits per heavy atom. The first-order chi connectivity index (χ1) is 8.54. The number of hydrogen-bond donors (Lipinski definition) is 0. The van der Waals surface area contributed by atoms with Crippen molar-refractivity contribution < 1.29 is 12.6 Å². The Morgan fingerprint density at radius 2 is 1.74 bits per heavy atom. The van der Waals surface area contributed by atoms with Crippen molar-refractivity contribution in [1.82, 2.24) is 0 Å². The van der Waals surface area contributed by atoms with Gasteiger partial charge in [-0.2, -0.15) is 4.21 Å². The van der Waals surface area contributed by atoms with Crippen LogP contribution in [0, 0.1) is 11.8 Å². The molecular weight excluding hydrogens is 401 g/mol. The van der Waals surface area contributed by atoms with Crippen molar-refractivity contribution in [3.63, 3.8) is 0 Å². The van der Waals surface area contributed by atoms with Gasteiger partial charge in [-0.05, 0) is 12.3 Å². The molecule has 3 rings (SSSR count). The standard InChI is InChI=1S/C9H6Cl6O3S/c10-6-2-1-4(3-6)5-7(6,11)9(14,15)18-19(16)17-8(5,12)13/h1-2,4-5H,3H2. The van der Waals surface area contributed by atoms with Crippen LogP contribution in [0.25, 0.3) is 0 Å². The maximum absolute atomic E-state index is 11.6. The van der Waals surface area contributed by atoms with E-state index in [2.05, 4.69) is 0 Å². The number of rotatable bonds is 0. The summed E-state index contributed by atoms with van der Waals surface area (Å²) in [7, 11) is 0. The van der Waals surface area contributed by atoms with Gasteiger partial charge in [-0.1, -0.05) is 58.6 Å². The van der Waals surface area contributed by atoms with Crippen molar-refractivity contribution in [1.29, 1.82) is 0 Å². The highest BCUT2D eigenvalue weighted by Crippen LogP contribution is 2.71. The number of alkyl halides is 6. The highest BCUT2D eigenvalue weighted by Gasteiger charge is 2.79. The Kier molecular flexibility index (Phi) is 3.50. The third kappa shape index (κ3) is 1.88. The van der Waals surface area contributed by atoms with Gasteiger partial charge in [-0.3, -0.25) is 0 Å². The smallest absolute Gasteiger partial charge is 0.229 e. The molecule has 19 heavy (non-hydrogen) atoms. The average molecular weight is 407 g/mol. The molecular formula is C9H6Cl6O3S. The molecule has 0 N–H and O–H groups in total. The van der Waals surface area contributed by atoms with Crippen LogP contribution in [0.5, 0.6) is 0 Å². The summed E-state index contributed by atoms with van der Waals surface area (Å²) in [6, 6.07) is 0. The maximum atomic E-state index is 11.6. The van der Waals surface area contributed by atoms with E-state index in [0.29, 0.717) is 6.42 Å². The summed E-state index contributed by atoms with van der Waals surface area (Å²) in [4.78, 5) is -2.69. The number of allylic oxidation sites excluding steroid dienone is 2. The van der Waals surface area contributed by atoms with Gasteiger partial charge in [-0.25, -0.2) is 8.37 Å². The minimum Gasteiger partial charge on any atom is -0.229 e. The fraction of sp³-hybridized carbons (Fsp3) is 0.778. The third-order valence-corrected chi connectivity index (χ3v) is 7.97. The summed E-state index contributed by atoms with van der Waals surface area (Å²) in [5.74, 6) is -0.991. The van der Waals surface area contributed by atoms with E-state index in [1.54, 1.807) is 6.08 Å². The Morgan fingerprint density at radius 1 is 1.11 bits per heavy atom.